The summed E-state index contributed by atoms with van der Waals surface area (Å²) in [4.78, 5) is 44.9. The predicted molar refractivity (Wildman–Crippen MR) is 111 cm³/mol. The van der Waals surface area contributed by atoms with Crippen LogP contribution in [-0.4, -0.2) is 103 Å². The molecule has 0 aromatic heterocycles. The van der Waals surface area contributed by atoms with Gasteiger partial charge in [-0.2, -0.15) is 0 Å². The number of hydrogen-bond acceptors (Lipinski definition) is 9. The van der Waals surface area contributed by atoms with Gasteiger partial charge >= 0.3 is 0 Å². The fourth-order valence-electron chi connectivity index (χ4n) is 1.97. The van der Waals surface area contributed by atoms with Crippen LogP contribution in [0.5, 0.6) is 0 Å². The number of nitrogens with one attached hydrogen (secondary N) is 3. The topological polar surface area (TPSA) is 167 Å². The molecule has 0 aliphatic rings. The average molecular weight is 449 g/mol. The molecule has 0 fully saturated rings. The zero-order chi connectivity index (χ0) is 23.2. The quantitative estimate of drug-likeness (QED) is 0.142. The number of carbonyl (C=O) groups excluding carboxylic acids is 4. The third-order valence-corrected chi connectivity index (χ3v) is 3.49. The van der Waals surface area contributed by atoms with Crippen LogP contribution in [0.25, 0.3) is 0 Å². The molecule has 0 unspecified atom stereocenters. The highest BCUT2D eigenvalue weighted by Gasteiger charge is 2.03. The molecule has 0 rings (SSSR count). The minimum absolute atomic E-state index is 0.00918. The number of carbonyl (C=O) groups is 4. The van der Waals surface area contributed by atoms with Gasteiger partial charge in [0, 0.05) is 19.5 Å². The lowest BCUT2D eigenvalue weighted by molar-refractivity contribution is -0.128. The highest BCUT2D eigenvalue weighted by atomic mass is 16.5. The molecule has 0 aliphatic carbocycles. The minimum Gasteiger partial charge on any atom is -0.377 e. The number of amides is 3. The summed E-state index contributed by atoms with van der Waals surface area (Å²) in [5.74, 6) is -0.812. The maximum absolute atomic E-state index is 11.6. The third kappa shape index (κ3) is 22.4. The summed E-state index contributed by atoms with van der Waals surface area (Å²) in [6.07, 6.45) is 1.07. The highest BCUT2D eigenvalue weighted by molar-refractivity contribution is 5.84. The predicted octanol–water partition coefficient (Wildman–Crippen LogP) is -2.27. The Morgan fingerprint density at radius 1 is 0.677 bits per heavy atom. The Labute approximate surface area is 182 Å². The number of Topliss-reactive ketones (excluding diaryl/α,β-unsaturated/α-hetero) is 1. The van der Waals surface area contributed by atoms with Crippen molar-refractivity contribution < 1.29 is 38.1 Å². The van der Waals surface area contributed by atoms with Crippen molar-refractivity contribution in [1.82, 2.24) is 16.0 Å². The smallest absolute Gasteiger partial charge is 0.246 e. The minimum atomic E-state index is -0.363. The van der Waals surface area contributed by atoms with Crippen LogP contribution in [0.1, 0.15) is 19.8 Å². The van der Waals surface area contributed by atoms with Crippen molar-refractivity contribution >= 4 is 23.5 Å². The number of nitrogens with two attached hydrogens (primary N) is 1. The van der Waals surface area contributed by atoms with E-state index in [4.69, 9.17) is 24.7 Å². The van der Waals surface area contributed by atoms with E-state index in [-0.39, 0.29) is 63.1 Å². The van der Waals surface area contributed by atoms with Gasteiger partial charge in [0.2, 0.25) is 17.7 Å². The Kier molecular flexibility index (Phi) is 19.7. The Balaban J connectivity index is 3.32. The first-order chi connectivity index (χ1) is 15.0. The van der Waals surface area contributed by atoms with Gasteiger partial charge in [0.1, 0.15) is 19.0 Å². The van der Waals surface area contributed by atoms with Crippen molar-refractivity contribution in [3.05, 3.63) is 0 Å². The standard InChI is InChI=1S/C19H36N4O8/c1-16(24)13-23-19(27)15-31-12-10-29-8-6-22-18(26)14-30-11-9-28-7-5-21-17(25)3-2-4-20/h2-15,20H2,1H3,(H,21,25)(H,22,26)(H,23,27). The molecule has 0 spiro atoms. The van der Waals surface area contributed by atoms with Crippen LogP contribution < -0.4 is 21.7 Å². The summed E-state index contributed by atoms with van der Waals surface area (Å²) in [7, 11) is 0. The van der Waals surface area contributed by atoms with Crippen molar-refractivity contribution in [2.45, 2.75) is 19.8 Å². The molecule has 0 saturated carbocycles. The molecular weight excluding hydrogens is 412 g/mol. The van der Waals surface area contributed by atoms with Gasteiger partial charge in [0.15, 0.2) is 0 Å². The van der Waals surface area contributed by atoms with Crippen molar-refractivity contribution in [3.8, 4) is 0 Å². The largest absolute Gasteiger partial charge is 0.377 e. The van der Waals surface area contributed by atoms with E-state index in [0.717, 1.165) is 0 Å². The van der Waals surface area contributed by atoms with Gasteiger partial charge in [0.25, 0.3) is 0 Å². The molecule has 0 bridgehead atoms. The number of rotatable bonds is 21. The summed E-state index contributed by atoms with van der Waals surface area (Å²) in [5, 5.41) is 7.76. The van der Waals surface area contributed by atoms with E-state index in [9.17, 15) is 19.2 Å². The summed E-state index contributed by atoms with van der Waals surface area (Å²) >= 11 is 0. The molecule has 12 nitrogen and oxygen atoms in total. The van der Waals surface area contributed by atoms with Crippen LogP contribution in [0.15, 0.2) is 0 Å². The molecule has 0 aromatic carbocycles. The Morgan fingerprint density at radius 2 is 1.16 bits per heavy atom. The van der Waals surface area contributed by atoms with Crippen LogP contribution in [0.2, 0.25) is 0 Å². The summed E-state index contributed by atoms with van der Waals surface area (Å²) < 4.78 is 20.8. The van der Waals surface area contributed by atoms with Gasteiger partial charge in [-0.15, -0.1) is 0 Å². The third-order valence-electron chi connectivity index (χ3n) is 3.49. The Bertz CT molecular complexity index is 519. The first-order valence-electron chi connectivity index (χ1n) is 10.3. The van der Waals surface area contributed by atoms with Crippen LogP contribution in [0, 0.1) is 0 Å². The van der Waals surface area contributed by atoms with E-state index in [1.165, 1.54) is 6.92 Å². The average Bonchev–Trinajstić information content (AvgIpc) is 2.74. The zero-order valence-corrected chi connectivity index (χ0v) is 18.2. The molecule has 0 saturated heterocycles. The van der Waals surface area contributed by atoms with E-state index in [1.54, 1.807) is 0 Å². The molecule has 0 heterocycles. The molecule has 0 radical (unpaired) electrons. The number of ether oxygens (including phenoxy) is 4. The van der Waals surface area contributed by atoms with Crippen LogP contribution in [0.3, 0.4) is 0 Å². The van der Waals surface area contributed by atoms with E-state index in [2.05, 4.69) is 16.0 Å². The maximum Gasteiger partial charge on any atom is 0.246 e. The first-order valence-corrected chi connectivity index (χ1v) is 10.3. The summed E-state index contributed by atoms with van der Waals surface area (Å²) in [6, 6.07) is 0. The van der Waals surface area contributed by atoms with E-state index < -0.39 is 0 Å². The molecule has 12 heteroatoms. The van der Waals surface area contributed by atoms with Crippen molar-refractivity contribution in [3.63, 3.8) is 0 Å². The van der Waals surface area contributed by atoms with Gasteiger partial charge in [-0.3, -0.25) is 19.2 Å². The van der Waals surface area contributed by atoms with Crippen molar-refractivity contribution in [2.24, 2.45) is 5.73 Å². The second-order valence-corrected chi connectivity index (χ2v) is 6.40. The Hall–Kier alpha value is -2.12. The maximum atomic E-state index is 11.6. The molecular formula is C19H36N4O8. The molecule has 0 aliphatic heterocycles. The van der Waals surface area contributed by atoms with Crippen LogP contribution in [-0.2, 0) is 38.1 Å². The van der Waals surface area contributed by atoms with Gasteiger partial charge < -0.3 is 40.6 Å². The fourth-order valence-corrected chi connectivity index (χ4v) is 1.97. The SMILES string of the molecule is CC(=O)CNC(=O)COCCOCCNC(=O)COCCOCCNC(=O)CCCN. The summed E-state index contributed by atoms with van der Waals surface area (Å²) in [5.41, 5.74) is 5.32. The fraction of sp³-hybridized carbons (Fsp3) is 0.789. The normalized spacial score (nSPS) is 10.5. The number of hydrogen-bond donors (Lipinski definition) is 4. The van der Waals surface area contributed by atoms with Crippen LogP contribution in [0.4, 0.5) is 0 Å². The lowest BCUT2D eigenvalue weighted by Crippen LogP contribution is -2.32. The van der Waals surface area contributed by atoms with Crippen molar-refractivity contribution in [2.75, 3.05) is 79.0 Å². The van der Waals surface area contributed by atoms with E-state index >= 15 is 0 Å². The Morgan fingerprint density at radius 3 is 1.68 bits per heavy atom. The number of ketones is 1. The lowest BCUT2D eigenvalue weighted by atomic mass is 10.3. The molecule has 5 N–H and O–H groups in total. The molecule has 31 heavy (non-hydrogen) atoms. The molecule has 0 aromatic rings. The van der Waals surface area contributed by atoms with Crippen LogP contribution >= 0.6 is 0 Å². The van der Waals surface area contributed by atoms with E-state index in [1.807, 2.05) is 0 Å². The molecule has 180 valence electrons. The monoisotopic (exact) mass is 448 g/mol. The lowest BCUT2D eigenvalue weighted by Gasteiger charge is -2.08. The van der Waals surface area contributed by atoms with Gasteiger partial charge in [-0.1, -0.05) is 0 Å². The molecule has 3 amide bonds. The van der Waals surface area contributed by atoms with Crippen molar-refractivity contribution in [1.29, 1.82) is 0 Å². The summed E-state index contributed by atoms with van der Waals surface area (Å²) in [6.45, 7) is 4.13. The van der Waals surface area contributed by atoms with E-state index in [0.29, 0.717) is 52.3 Å². The second kappa shape index (κ2) is 21.1. The second-order valence-electron chi connectivity index (χ2n) is 6.40. The molecule has 0 atom stereocenters. The highest BCUT2D eigenvalue weighted by Crippen LogP contribution is 1.85. The zero-order valence-electron chi connectivity index (χ0n) is 18.2. The van der Waals surface area contributed by atoms with Gasteiger partial charge in [0.05, 0.1) is 46.2 Å². The van der Waals surface area contributed by atoms with Gasteiger partial charge in [-0.05, 0) is 19.9 Å². The first kappa shape index (κ1) is 28.9. The van der Waals surface area contributed by atoms with Gasteiger partial charge in [-0.25, -0.2) is 0 Å².